The average molecular weight is 411 g/mol. The van der Waals surface area contributed by atoms with E-state index in [4.69, 9.17) is 4.74 Å². The van der Waals surface area contributed by atoms with Crippen molar-refractivity contribution in [2.24, 2.45) is 5.92 Å². The van der Waals surface area contributed by atoms with Crippen LogP contribution in [-0.2, 0) is 19.1 Å². The Labute approximate surface area is 172 Å². The van der Waals surface area contributed by atoms with Crippen molar-refractivity contribution < 1.29 is 24.0 Å². The Hall–Kier alpha value is -3.75. The summed E-state index contributed by atoms with van der Waals surface area (Å²) in [6, 6.07) is 15.0. The summed E-state index contributed by atoms with van der Waals surface area (Å²) in [5.41, 5.74) is 0.718. The first kappa shape index (κ1) is 21.0. The molecule has 0 aliphatic carbocycles. The number of benzene rings is 2. The maximum Gasteiger partial charge on any atom is 0.311 e. The van der Waals surface area contributed by atoms with E-state index in [0.717, 1.165) is 5.56 Å². The molecule has 0 aromatic heterocycles. The van der Waals surface area contributed by atoms with E-state index in [-0.39, 0.29) is 36.3 Å². The molecular weight excluding hydrogens is 390 g/mol. The van der Waals surface area contributed by atoms with Crippen molar-refractivity contribution in [3.8, 4) is 0 Å². The molecule has 2 aromatic rings. The molecular formula is C21H21N3O6. The van der Waals surface area contributed by atoms with Crippen molar-refractivity contribution in [3.63, 3.8) is 0 Å². The van der Waals surface area contributed by atoms with Crippen LogP contribution in [0, 0.1) is 16.0 Å². The van der Waals surface area contributed by atoms with Crippen LogP contribution in [0.25, 0.3) is 0 Å². The highest BCUT2D eigenvalue weighted by atomic mass is 16.6. The van der Waals surface area contributed by atoms with E-state index < -0.39 is 29.3 Å². The number of nitro benzene ring substituents is 1. The smallest absolute Gasteiger partial charge is 0.311 e. The number of esters is 1. The van der Waals surface area contributed by atoms with Crippen molar-refractivity contribution in [1.29, 1.82) is 0 Å². The molecule has 1 aliphatic heterocycles. The third kappa shape index (κ3) is 4.80. The summed E-state index contributed by atoms with van der Waals surface area (Å²) in [4.78, 5) is 48.7. The number of amides is 2. The second kappa shape index (κ2) is 9.17. The Morgan fingerprint density at radius 3 is 2.57 bits per heavy atom. The molecule has 2 atom stereocenters. The van der Waals surface area contributed by atoms with E-state index in [1.165, 1.54) is 18.2 Å². The van der Waals surface area contributed by atoms with E-state index in [9.17, 15) is 24.5 Å². The molecule has 2 amide bonds. The molecule has 1 N–H and O–H groups in total. The molecule has 0 radical (unpaired) electrons. The molecule has 0 saturated carbocycles. The molecule has 1 heterocycles. The van der Waals surface area contributed by atoms with Gasteiger partial charge in [0.1, 0.15) is 5.69 Å². The van der Waals surface area contributed by atoms with E-state index >= 15 is 0 Å². The summed E-state index contributed by atoms with van der Waals surface area (Å²) in [7, 11) is 0. The Bertz CT molecular complexity index is 962. The molecule has 1 saturated heterocycles. The van der Waals surface area contributed by atoms with Crippen molar-refractivity contribution in [2.45, 2.75) is 19.4 Å². The van der Waals surface area contributed by atoms with Gasteiger partial charge in [-0.05, 0) is 18.6 Å². The number of carbonyl (C=O) groups excluding carboxylic acids is 3. The lowest BCUT2D eigenvalue weighted by atomic mass is 10.1. The number of para-hydroxylation sites is 2. The molecule has 1 aliphatic rings. The van der Waals surface area contributed by atoms with Gasteiger partial charge >= 0.3 is 5.97 Å². The number of carbonyl (C=O) groups is 3. The molecule has 9 nitrogen and oxygen atoms in total. The molecule has 156 valence electrons. The Balaban J connectivity index is 1.54. The SMILES string of the molecule is C[C@H](c1ccccc1)N1C[C@@H](C(=O)OCC(=O)Nc2ccccc2[N+](=O)[O-])CC1=O. The van der Waals surface area contributed by atoms with Gasteiger partial charge in [0.05, 0.1) is 16.9 Å². The highest BCUT2D eigenvalue weighted by Crippen LogP contribution is 2.29. The first-order chi connectivity index (χ1) is 14.4. The van der Waals surface area contributed by atoms with Gasteiger partial charge in [-0.1, -0.05) is 42.5 Å². The van der Waals surface area contributed by atoms with Crippen molar-refractivity contribution in [1.82, 2.24) is 4.90 Å². The number of rotatable bonds is 7. The van der Waals surface area contributed by atoms with Crippen LogP contribution in [-0.4, -0.2) is 40.8 Å². The maximum atomic E-state index is 12.4. The summed E-state index contributed by atoms with van der Waals surface area (Å²) >= 11 is 0. The van der Waals surface area contributed by atoms with Crippen molar-refractivity contribution >= 4 is 29.2 Å². The first-order valence-electron chi connectivity index (χ1n) is 9.41. The fourth-order valence-corrected chi connectivity index (χ4v) is 3.35. The fraction of sp³-hybridized carbons (Fsp3) is 0.286. The minimum Gasteiger partial charge on any atom is -0.455 e. The third-order valence-electron chi connectivity index (χ3n) is 4.96. The van der Waals surface area contributed by atoms with Gasteiger partial charge in [-0.3, -0.25) is 24.5 Å². The zero-order valence-electron chi connectivity index (χ0n) is 16.3. The van der Waals surface area contributed by atoms with Gasteiger partial charge in [0.2, 0.25) is 5.91 Å². The van der Waals surface area contributed by atoms with Gasteiger partial charge in [-0.2, -0.15) is 0 Å². The van der Waals surface area contributed by atoms with Crippen LogP contribution in [0.2, 0.25) is 0 Å². The van der Waals surface area contributed by atoms with Crippen molar-refractivity contribution in [3.05, 3.63) is 70.3 Å². The Morgan fingerprint density at radius 1 is 1.20 bits per heavy atom. The van der Waals surface area contributed by atoms with Gasteiger partial charge in [-0.15, -0.1) is 0 Å². The predicted molar refractivity (Wildman–Crippen MR) is 107 cm³/mol. The number of hydrogen-bond acceptors (Lipinski definition) is 6. The Morgan fingerprint density at radius 2 is 1.87 bits per heavy atom. The summed E-state index contributed by atoms with van der Waals surface area (Å²) in [6.45, 7) is 1.50. The molecule has 2 aromatic carbocycles. The molecule has 30 heavy (non-hydrogen) atoms. The summed E-state index contributed by atoms with van der Waals surface area (Å²) in [5.74, 6) is -2.17. The molecule has 1 fully saturated rings. The zero-order chi connectivity index (χ0) is 21.7. The molecule has 9 heteroatoms. The highest BCUT2D eigenvalue weighted by Gasteiger charge is 2.38. The van der Waals surface area contributed by atoms with Crippen LogP contribution in [0.5, 0.6) is 0 Å². The van der Waals surface area contributed by atoms with Crippen LogP contribution in [0.4, 0.5) is 11.4 Å². The largest absolute Gasteiger partial charge is 0.455 e. The number of ether oxygens (including phenoxy) is 1. The van der Waals surface area contributed by atoms with Gasteiger partial charge in [0, 0.05) is 19.0 Å². The van der Waals surface area contributed by atoms with Crippen LogP contribution in [0.3, 0.4) is 0 Å². The summed E-state index contributed by atoms with van der Waals surface area (Å²) in [5, 5.41) is 13.4. The predicted octanol–water partition coefficient (Wildman–Crippen LogP) is 2.69. The lowest BCUT2D eigenvalue weighted by Gasteiger charge is -2.25. The van der Waals surface area contributed by atoms with Gasteiger partial charge in [0.15, 0.2) is 6.61 Å². The second-order valence-electron chi connectivity index (χ2n) is 6.96. The number of nitrogens with one attached hydrogen (secondary N) is 1. The topological polar surface area (TPSA) is 119 Å². The third-order valence-corrected chi connectivity index (χ3v) is 4.96. The van der Waals surface area contributed by atoms with E-state index in [1.54, 1.807) is 11.0 Å². The van der Waals surface area contributed by atoms with Crippen LogP contribution >= 0.6 is 0 Å². The van der Waals surface area contributed by atoms with Crippen LogP contribution in [0.15, 0.2) is 54.6 Å². The number of anilines is 1. The number of nitrogens with zero attached hydrogens (tertiary/aromatic N) is 2. The monoisotopic (exact) mass is 411 g/mol. The number of likely N-dealkylation sites (tertiary alicyclic amines) is 1. The average Bonchev–Trinajstić information content (AvgIpc) is 3.14. The minimum atomic E-state index is -0.698. The Kier molecular flexibility index (Phi) is 6.41. The quantitative estimate of drug-likeness (QED) is 0.425. The van der Waals surface area contributed by atoms with Gasteiger partial charge < -0.3 is 15.0 Å². The van der Waals surface area contributed by atoms with E-state index in [1.807, 2.05) is 37.3 Å². The first-order valence-corrected chi connectivity index (χ1v) is 9.41. The minimum absolute atomic E-state index is 0.0157. The van der Waals surface area contributed by atoms with Crippen molar-refractivity contribution in [2.75, 3.05) is 18.5 Å². The molecule has 0 bridgehead atoms. The lowest BCUT2D eigenvalue weighted by molar-refractivity contribution is -0.383. The number of nitro groups is 1. The maximum absolute atomic E-state index is 12.4. The van der Waals surface area contributed by atoms with E-state index in [0.29, 0.717) is 0 Å². The highest BCUT2D eigenvalue weighted by molar-refractivity contribution is 5.95. The fourth-order valence-electron chi connectivity index (χ4n) is 3.35. The molecule has 3 rings (SSSR count). The lowest BCUT2D eigenvalue weighted by Crippen LogP contribution is -2.30. The molecule has 0 spiro atoms. The normalized spacial score (nSPS) is 16.8. The van der Waals surface area contributed by atoms with Crippen LogP contribution in [0.1, 0.15) is 24.9 Å². The van der Waals surface area contributed by atoms with Gasteiger partial charge in [0.25, 0.3) is 11.6 Å². The summed E-state index contributed by atoms with van der Waals surface area (Å²) < 4.78 is 5.04. The summed E-state index contributed by atoms with van der Waals surface area (Å²) in [6.07, 6.45) is 0.0157. The zero-order valence-corrected chi connectivity index (χ0v) is 16.3. The van der Waals surface area contributed by atoms with Gasteiger partial charge in [-0.25, -0.2) is 0 Å². The second-order valence-corrected chi connectivity index (χ2v) is 6.96. The van der Waals surface area contributed by atoms with E-state index in [2.05, 4.69) is 5.32 Å². The molecule has 0 unspecified atom stereocenters. The number of hydrogen-bond donors (Lipinski definition) is 1. The van der Waals surface area contributed by atoms with Crippen LogP contribution < -0.4 is 5.32 Å². The standard InChI is InChI=1S/C21H21N3O6/c1-14(15-7-3-2-4-8-15)23-12-16(11-20(23)26)21(27)30-13-19(25)22-17-9-5-6-10-18(17)24(28)29/h2-10,14,16H,11-13H2,1H3,(H,22,25)/t14-,16+/m1/s1.